The normalized spacial score (nSPS) is 13.0. The molecule has 0 aliphatic heterocycles. The molecule has 0 aliphatic carbocycles. The summed E-state index contributed by atoms with van der Waals surface area (Å²) in [6, 6.07) is 0. The highest BCUT2D eigenvalue weighted by molar-refractivity contribution is 8.13. The van der Waals surface area contributed by atoms with Gasteiger partial charge in [0.05, 0.1) is 6.61 Å². The molecule has 5 nitrogen and oxygen atoms in total. The molecule has 0 unspecified atom stereocenters. The van der Waals surface area contributed by atoms with Crippen LogP contribution in [0.25, 0.3) is 0 Å². The maximum absolute atomic E-state index is 11.8. The van der Waals surface area contributed by atoms with Gasteiger partial charge in [-0.15, -0.1) is 0 Å². The molecule has 0 saturated heterocycles. The van der Waals surface area contributed by atoms with Crippen LogP contribution < -0.4 is 0 Å². The van der Waals surface area contributed by atoms with Crippen LogP contribution in [0.2, 0.25) is 0 Å². The fourth-order valence-electron chi connectivity index (χ4n) is 1.08. The summed E-state index contributed by atoms with van der Waals surface area (Å²) in [7, 11) is 2.45. The molecule has 0 spiro atoms. The highest BCUT2D eigenvalue weighted by atomic mass is 35.7. The van der Waals surface area contributed by atoms with Crippen LogP contribution in [0.3, 0.4) is 0 Å². The van der Waals surface area contributed by atoms with E-state index in [2.05, 4.69) is 9.84 Å². The largest absolute Gasteiger partial charge is 0.411 e. The van der Waals surface area contributed by atoms with E-state index in [0.717, 1.165) is 10.9 Å². The van der Waals surface area contributed by atoms with Crippen LogP contribution in [-0.2, 0) is 27.4 Å². The van der Waals surface area contributed by atoms with Crippen molar-refractivity contribution in [3.8, 4) is 0 Å². The van der Waals surface area contributed by atoms with Gasteiger partial charge < -0.3 is 4.74 Å². The van der Waals surface area contributed by atoms with E-state index in [-0.39, 0.29) is 10.6 Å². The molecule has 0 aromatic carbocycles. The van der Waals surface area contributed by atoms with Gasteiger partial charge in [0.15, 0.2) is 0 Å². The molecule has 0 bridgehead atoms. The van der Waals surface area contributed by atoms with Crippen LogP contribution in [0.4, 0.5) is 13.2 Å². The van der Waals surface area contributed by atoms with Crippen molar-refractivity contribution in [1.82, 2.24) is 9.78 Å². The van der Waals surface area contributed by atoms with Crippen molar-refractivity contribution in [1.29, 1.82) is 0 Å². The van der Waals surface area contributed by atoms with Crippen LogP contribution in [-0.4, -0.2) is 31.0 Å². The second kappa shape index (κ2) is 4.83. The lowest BCUT2D eigenvalue weighted by molar-refractivity contribution is -0.177. The lowest BCUT2D eigenvalue weighted by Crippen LogP contribution is -2.17. The van der Waals surface area contributed by atoms with E-state index >= 15 is 0 Å². The van der Waals surface area contributed by atoms with Gasteiger partial charge in [0.1, 0.15) is 17.2 Å². The standard InChI is InChI=1S/C7H8ClF3N2O3S/c1-13-2-6(17(8,14)15)5(12-13)3-16-4-7(9,10)11/h2H,3-4H2,1H3. The van der Waals surface area contributed by atoms with Crippen molar-refractivity contribution in [3.05, 3.63) is 11.9 Å². The highest BCUT2D eigenvalue weighted by Crippen LogP contribution is 2.20. The van der Waals surface area contributed by atoms with E-state index in [1.54, 1.807) is 0 Å². The third kappa shape index (κ3) is 4.52. The monoisotopic (exact) mass is 292 g/mol. The predicted molar refractivity (Wildman–Crippen MR) is 52.0 cm³/mol. The minimum atomic E-state index is -4.48. The van der Waals surface area contributed by atoms with Crippen molar-refractivity contribution in [2.24, 2.45) is 7.05 Å². The topological polar surface area (TPSA) is 61.2 Å². The Labute approximate surface area is 99.5 Å². The van der Waals surface area contributed by atoms with Gasteiger partial charge in [0.2, 0.25) is 0 Å². The van der Waals surface area contributed by atoms with Crippen LogP contribution in [0.1, 0.15) is 5.69 Å². The molecular formula is C7H8ClF3N2O3S. The molecule has 10 heteroatoms. The van der Waals surface area contributed by atoms with Crippen molar-refractivity contribution in [2.45, 2.75) is 17.7 Å². The molecule has 0 radical (unpaired) electrons. The van der Waals surface area contributed by atoms with E-state index in [4.69, 9.17) is 10.7 Å². The Balaban J connectivity index is 2.79. The summed E-state index contributed by atoms with van der Waals surface area (Å²) in [5.74, 6) is 0. The van der Waals surface area contributed by atoms with E-state index < -0.39 is 28.4 Å². The number of aromatic nitrogens is 2. The molecule has 98 valence electrons. The van der Waals surface area contributed by atoms with Crippen molar-refractivity contribution in [2.75, 3.05) is 6.61 Å². The van der Waals surface area contributed by atoms with Gasteiger partial charge in [-0.25, -0.2) is 8.42 Å². The lowest BCUT2D eigenvalue weighted by atomic mass is 10.4. The van der Waals surface area contributed by atoms with Gasteiger partial charge in [-0.1, -0.05) is 0 Å². The van der Waals surface area contributed by atoms with Crippen LogP contribution in [0.5, 0.6) is 0 Å². The second-order valence-electron chi connectivity index (χ2n) is 3.16. The first-order valence-corrected chi connectivity index (χ1v) is 6.52. The van der Waals surface area contributed by atoms with Crippen molar-refractivity contribution in [3.63, 3.8) is 0 Å². The van der Waals surface area contributed by atoms with Gasteiger partial charge in [0, 0.05) is 23.9 Å². The quantitative estimate of drug-likeness (QED) is 0.788. The summed E-state index contributed by atoms with van der Waals surface area (Å²) >= 11 is 0. The summed E-state index contributed by atoms with van der Waals surface area (Å²) in [5, 5.41) is 3.66. The lowest BCUT2D eigenvalue weighted by Gasteiger charge is -2.06. The second-order valence-corrected chi connectivity index (χ2v) is 5.69. The smallest absolute Gasteiger partial charge is 0.366 e. The molecule has 1 heterocycles. The van der Waals surface area contributed by atoms with E-state index in [9.17, 15) is 21.6 Å². The van der Waals surface area contributed by atoms with Crippen LogP contribution >= 0.6 is 10.7 Å². The zero-order valence-electron chi connectivity index (χ0n) is 8.53. The first kappa shape index (κ1) is 14.3. The van der Waals surface area contributed by atoms with Crippen molar-refractivity contribution < 1.29 is 26.3 Å². The molecule has 1 rings (SSSR count). The Morgan fingerprint density at radius 2 is 2.12 bits per heavy atom. The highest BCUT2D eigenvalue weighted by Gasteiger charge is 2.28. The minimum Gasteiger partial charge on any atom is -0.366 e. The number of ether oxygens (including phenoxy) is 1. The maximum atomic E-state index is 11.8. The number of nitrogens with zero attached hydrogens (tertiary/aromatic N) is 2. The Kier molecular flexibility index (Phi) is 4.05. The molecule has 17 heavy (non-hydrogen) atoms. The molecule has 1 aromatic heterocycles. The first-order valence-electron chi connectivity index (χ1n) is 4.21. The molecule has 0 atom stereocenters. The fourth-order valence-corrected chi connectivity index (χ4v) is 2.13. The molecule has 1 aromatic rings. The molecule has 0 aliphatic rings. The Bertz CT molecular complexity index is 497. The maximum Gasteiger partial charge on any atom is 0.411 e. The molecule has 0 saturated carbocycles. The number of alkyl halides is 3. The predicted octanol–water partition coefficient (Wildman–Crippen LogP) is 1.43. The third-order valence-electron chi connectivity index (χ3n) is 1.63. The van der Waals surface area contributed by atoms with Gasteiger partial charge in [-0.05, 0) is 0 Å². The first-order chi connectivity index (χ1) is 7.59. The average molecular weight is 293 g/mol. The zero-order valence-corrected chi connectivity index (χ0v) is 10.1. The Morgan fingerprint density at radius 1 is 1.53 bits per heavy atom. The Morgan fingerprint density at radius 3 is 2.59 bits per heavy atom. The van der Waals surface area contributed by atoms with Gasteiger partial charge >= 0.3 is 6.18 Å². The molecule has 0 N–H and O–H groups in total. The number of rotatable bonds is 4. The van der Waals surface area contributed by atoms with Gasteiger partial charge in [-0.2, -0.15) is 18.3 Å². The van der Waals surface area contributed by atoms with Gasteiger partial charge in [0.25, 0.3) is 9.05 Å². The molecule has 0 amide bonds. The zero-order chi connectivity index (χ0) is 13.3. The summed E-state index contributed by atoms with van der Waals surface area (Å²) < 4.78 is 63.0. The number of hydrogen-bond donors (Lipinski definition) is 0. The summed E-state index contributed by atoms with van der Waals surface area (Å²) in [5.41, 5.74) is -0.160. The summed E-state index contributed by atoms with van der Waals surface area (Å²) in [6.07, 6.45) is -3.39. The minimum absolute atomic E-state index is 0.160. The Hall–Kier alpha value is -0.800. The molecule has 0 fully saturated rings. The van der Waals surface area contributed by atoms with E-state index in [0.29, 0.717) is 0 Å². The van der Waals surface area contributed by atoms with E-state index in [1.165, 1.54) is 7.05 Å². The number of hydrogen-bond acceptors (Lipinski definition) is 4. The van der Waals surface area contributed by atoms with Crippen LogP contribution in [0.15, 0.2) is 11.1 Å². The van der Waals surface area contributed by atoms with E-state index in [1.807, 2.05) is 0 Å². The van der Waals surface area contributed by atoms with Crippen molar-refractivity contribution >= 4 is 19.7 Å². The fraction of sp³-hybridized carbons (Fsp3) is 0.571. The van der Waals surface area contributed by atoms with Gasteiger partial charge in [-0.3, -0.25) is 4.68 Å². The molecular weight excluding hydrogens is 285 g/mol. The number of aryl methyl sites for hydroxylation is 1. The van der Waals surface area contributed by atoms with Crippen LogP contribution in [0, 0.1) is 0 Å². The third-order valence-corrected chi connectivity index (χ3v) is 3.00. The summed E-state index contributed by atoms with van der Waals surface area (Å²) in [6.45, 7) is -2.06. The SMILES string of the molecule is Cn1cc(S(=O)(=O)Cl)c(COCC(F)(F)F)n1. The summed E-state index contributed by atoms with van der Waals surface area (Å²) in [4.78, 5) is -0.358. The number of halogens is 4. The average Bonchev–Trinajstić information content (AvgIpc) is 2.43.